The molecule has 1 unspecified atom stereocenters. The second kappa shape index (κ2) is 4.97. The third kappa shape index (κ3) is 2.36. The molecule has 0 saturated heterocycles. The van der Waals surface area contributed by atoms with Crippen LogP contribution in [0.25, 0.3) is 0 Å². The Kier molecular flexibility index (Phi) is 3.56. The normalized spacial score (nSPS) is 39.6. The highest BCUT2D eigenvalue weighted by Crippen LogP contribution is 2.60. The van der Waals surface area contributed by atoms with E-state index in [-0.39, 0.29) is 11.3 Å². The zero-order chi connectivity index (χ0) is 14.5. The molecule has 0 aromatic heterocycles. The van der Waals surface area contributed by atoms with Crippen LogP contribution in [-0.2, 0) is 4.79 Å². The molecule has 112 valence electrons. The average Bonchev–Trinajstić information content (AvgIpc) is 2.35. The molecule has 4 fully saturated rings. The van der Waals surface area contributed by atoms with Crippen molar-refractivity contribution in [2.75, 3.05) is 13.6 Å². The Balaban J connectivity index is 1.72. The van der Waals surface area contributed by atoms with Gasteiger partial charge in [-0.3, -0.25) is 4.79 Å². The van der Waals surface area contributed by atoms with Crippen LogP contribution in [0.2, 0.25) is 0 Å². The molecule has 4 aliphatic carbocycles. The maximum Gasteiger partial charge on any atom is 0.228 e. The number of amides is 1. The molecule has 3 nitrogen and oxygen atoms in total. The van der Waals surface area contributed by atoms with Crippen molar-refractivity contribution in [2.45, 2.75) is 45.4 Å². The third-order valence-electron chi connectivity index (χ3n) is 5.87. The molecule has 1 amide bonds. The summed E-state index contributed by atoms with van der Waals surface area (Å²) < 4.78 is 0. The van der Waals surface area contributed by atoms with Crippen molar-refractivity contribution in [3.63, 3.8) is 0 Å². The minimum atomic E-state index is -0.0422. The first-order chi connectivity index (χ1) is 9.39. The first-order valence-electron chi connectivity index (χ1n) is 7.94. The summed E-state index contributed by atoms with van der Waals surface area (Å²) >= 11 is 5.03. The quantitative estimate of drug-likeness (QED) is 0.811. The molecule has 0 aliphatic heterocycles. The molecule has 4 rings (SSSR count). The highest BCUT2D eigenvalue weighted by atomic mass is 32.1. The van der Waals surface area contributed by atoms with Gasteiger partial charge in [-0.1, -0.05) is 19.1 Å². The van der Waals surface area contributed by atoms with Gasteiger partial charge in [0.05, 0.1) is 10.4 Å². The van der Waals surface area contributed by atoms with Crippen LogP contribution < -0.4 is 5.73 Å². The summed E-state index contributed by atoms with van der Waals surface area (Å²) in [7, 11) is 1.93. The molecule has 2 N–H and O–H groups in total. The molecule has 0 radical (unpaired) electrons. The van der Waals surface area contributed by atoms with Crippen LogP contribution in [0.1, 0.15) is 45.4 Å². The minimum absolute atomic E-state index is 0.0422. The average molecular weight is 294 g/mol. The summed E-state index contributed by atoms with van der Waals surface area (Å²) in [4.78, 5) is 15.4. The summed E-state index contributed by atoms with van der Waals surface area (Å²) in [5, 5.41) is 0. The largest absolute Gasteiger partial charge is 0.393 e. The Morgan fingerprint density at radius 1 is 1.25 bits per heavy atom. The van der Waals surface area contributed by atoms with Crippen LogP contribution in [0.5, 0.6) is 0 Å². The van der Waals surface area contributed by atoms with E-state index in [4.69, 9.17) is 18.0 Å². The lowest BCUT2D eigenvalue weighted by Gasteiger charge is -2.56. The van der Waals surface area contributed by atoms with Gasteiger partial charge in [-0.15, -0.1) is 0 Å². The van der Waals surface area contributed by atoms with Gasteiger partial charge in [-0.25, -0.2) is 0 Å². The van der Waals surface area contributed by atoms with E-state index < -0.39 is 0 Å². The predicted molar refractivity (Wildman–Crippen MR) is 84.2 cm³/mol. The van der Waals surface area contributed by atoms with Crippen LogP contribution >= 0.6 is 12.2 Å². The first kappa shape index (κ1) is 14.3. The number of carbonyl (C=O) groups is 1. The standard InChI is InChI=1S/C16H26N2OS/c1-10(14(17)20)9-18(2)15(19)16-6-11-3-12(7-16)5-13(4-11)8-16/h10-13H,3-9H2,1-2H3,(H2,17,20). The minimum Gasteiger partial charge on any atom is -0.393 e. The third-order valence-corrected chi connectivity index (χ3v) is 6.27. The van der Waals surface area contributed by atoms with Crippen LogP contribution in [0, 0.1) is 29.1 Å². The summed E-state index contributed by atoms with van der Waals surface area (Å²) in [6, 6.07) is 0. The zero-order valence-electron chi connectivity index (χ0n) is 12.6. The van der Waals surface area contributed by atoms with E-state index in [0.717, 1.165) is 37.0 Å². The van der Waals surface area contributed by atoms with E-state index in [9.17, 15) is 4.79 Å². The summed E-state index contributed by atoms with van der Waals surface area (Å²) in [6.45, 7) is 2.67. The molecule has 4 bridgehead atoms. The monoisotopic (exact) mass is 294 g/mol. The molecule has 0 heterocycles. The fourth-order valence-corrected chi connectivity index (χ4v) is 5.44. The van der Waals surface area contributed by atoms with Crippen LogP contribution in [0.3, 0.4) is 0 Å². The highest BCUT2D eigenvalue weighted by Gasteiger charge is 2.55. The van der Waals surface area contributed by atoms with E-state index >= 15 is 0 Å². The summed E-state index contributed by atoms with van der Waals surface area (Å²) in [6.07, 6.45) is 7.51. The number of nitrogens with two attached hydrogens (primary N) is 1. The van der Waals surface area contributed by atoms with Gasteiger partial charge in [-0.05, 0) is 56.3 Å². The van der Waals surface area contributed by atoms with E-state index in [0.29, 0.717) is 17.4 Å². The van der Waals surface area contributed by atoms with Gasteiger partial charge in [-0.2, -0.15) is 0 Å². The van der Waals surface area contributed by atoms with Gasteiger partial charge in [0.15, 0.2) is 0 Å². The van der Waals surface area contributed by atoms with Gasteiger partial charge in [0.2, 0.25) is 5.91 Å². The molecule has 1 atom stereocenters. The number of hydrogen-bond donors (Lipinski definition) is 1. The van der Waals surface area contributed by atoms with Crippen molar-refractivity contribution in [2.24, 2.45) is 34.8 Å². The van der Waals surface area contributed by atoms with Gasteiger partial charge in [0.1, 0.15) is 0 Å². The maximum atomic E-state index is 13.0. The Labute approximate surface area is 127 Å². The lowest BCUT2D eigenvalue weighted by Crippen LogP contribution is -2.54. The first-order valence-corrected chi connectivity index (χ1v) is 8.35. The van der Waals surface area contributed by atoms with Crippen molar-refractivity contribution in [1.82, 2.24) is 4.90 Å². The molecular weight excluding hydrogens is 268 g/mol. The van der Waals surface area contributed by atoms with Gasteiger partial charge in [0, 0.05) is 19.5 Å². The van der Waals surface area contributed by atoms with Gasteiger partial charge >= 0.3 is 0 Å². The predicted octanol–water partition coefficient (Wildman–Crippen LogP) is 2.58. The maximum absolute atomic E-state index is 13.0. The molecule has 4 heteroatoms. The number of hydrogen-bond acceptors (Lipinski definition) is 2. The molecule has 0 spiro atoms. The topological polar surface area (TPSA) is 46.3 Å². The van der Waals surface area contributed by atoms with Crippen LogP contribution in [0.4, 0.5) is 0 Å². The molecule has 0 aromatic rings. The fourth-order valence-electron chi connectivity index (χ4n) is 5.36. The molecule has 4 aliphatic rings. The number of rotatable bonds is 4. The Morgan fingerprint density at radius 2 is 1.70 bits per heavy atom. The summed E-state index contributed by atoms with van der Waals surface area (Å²) in [5.41, 5.74) is 5.64. The van der Waals surface area contributed by atoms with Crippen molar-refractivity contribution in [1.29, 1.82) is 0 Å². The van der Waals surface area contributed by atoms with E-state index in [2.05, 4.69) is 0 Å². The van der Waals surface area contributed by atoms with Gasteiger partial charge in [0.25, 0.3) is 0 Å². The van der Waals surface area contributed by atoms with E-state index in [1.165, 1.54) is 19.3 Å². The number of nitrogens with zero attached hydrogens (tertiary/aromatic N) is 1. The van der Waals surface area contributed by atoms with Crippen molar-refractivity contribution < 1.29 is 4.79 Å². The lowest BCUT2D eigenvalue weighted by atomic mass is 9.49. The molecule has 4 saturated carbocycles. The second-order valence-corrected chi connectivity index (χ2v) is 8.16. The number of carbonyl (C=O) groups excluding carboxylic acids is 1. The fraction of sp³-hybridized carbons (Fsp3) is 0.875. The Hall–Kier alpha value is -0.640. The van der Waals surface area contributed by atoms with E-state index in [1.807, 2.05) is 18.9 Å². The van der Waals surface area contributed by atoms with E-state index in [1.54, 1.807) is 0 Å². The second-order valence-electron chi connectivity index (χ2n) is 7.69. The van der Waals surface area contributed by atoms with Crippen molar-refractivity contribution in [3.8, 4) is 0 Å². The van der Waals surface area contributed by atoms with Crippen molar-refractivity contribution in [3.05, 3.63) is 0 Å². The van der Waals surface area contributed by atoms with Crippen LogP contribution in [0.15, 0.2) is 0 Å². The lowest BCUT2D eigenvalue weighted by molar-refractivity contribution is -0.156. The Bertz CT molecular complexity index is 399. The summed E-state index contributed by atoms with van der Waals surface area (Å²) in [5.74, 6) is 2.90. The number of thiocarbonyl (C=S) groups is 1. The van der Waals surface area contributed by atoms with Crippen LogP contribution in [-0.4, -0.2) is 29.4 Å². The smallest absolute Gasteiger partial charge is 0.228 e. The molecule has 0 aromatic carbocycles. The molecular formula is C16H26N2OS. The van der Waals surface area contributed by atoms with Gasteiger partial charge < -0.3 is 10.6 Å². The highest BCUT2D eigenvalue weighted by molar-refractivity contribution is 7.80. The SMILES string of the molecule is CC(CN(C)C(=O)C12CC3CC(CC(C3)C1)C2)C(N)=S. The zero-order valence-corrected chi connectivity index (χ0v) is 13.4. The van der Waals surface area contributed by atoms with Crippen molar-refractivity contribution >= 4 is 23.1 Å². The Morgan fingerprint density at radius 3 is 2.10 bits per heavy atom. The molecule has 20 heavy (non-hydrogen) atoms.